The SMILES string of the molecule is CC(C)CC#Cc1ccc2c(c1)O[C@@H](CN(C)Cc1ccccc1F)[C@@H](C)CN([C@@H](C)CO)S2(=O)=O. The van der Waals surface area contributed by atoms with Gasteiger partial charge in [0, 0.05) is 49.1 Å². The molecule has 6 nitrogen and oxygen atoms in total. The van der Waals surface area contributed by atoms with Crippen molar-refractivity contribution in [1.82, 2.24) is 9.21 Å². The normalized spacial score (nSPS) is 20.6. The van der Waals surface area contributed by atoms with Crippen molar-refractivity contribution in [3.05, 3.63) is 59.4 Å². The Hall–Kier alpha value is -2.44. The van der Waals surface area contributed by atoms with Crippen molar-refractivity contribution in [3.63, 3.8) is 0 Å². The highest BCUT2D eigenvalue weighted by molar-refractivity contribution is 7.89. The van der Waals surface area contributed by atoms with E-state index in [0.29, 0.717) is 30.1 Å². The predicted octanol–water partition coefficient (Wildman–Crippen LogP) is 4.12. The number of nitrogens with zero attached hydrogens (tertiary/aromatic N) is 2. The van der Waals surface area contributed by atoms with Crippen molar-refractivity contribution in [2.45, 2.75) is 57.7 Å². The lowest BCUT2D eigenvalue weighted by atomic mass is 10.0. The van der Waals surface area contributed by atoms with Crippen molar-refractivity contribution in [3.8, 4) is 17.6 Å². The van der Waals surface area contributed by atoms with Crippen LogP contribution in [0.5, 0.6) is 5.75 Å². The molecule has 1 aliphatic heterocycles. The van der Waals surface area contributed by atoms with Gasteiger partial charge in [-0.3, -0.25) is 4.90 Å². The van der Waals surface area contributed by atoms with E-state index < -0.39 is 16.1 Å². The summed E-state index contributed by atoms with van der Waals surface area (Å²) in [5, 5.41) is 9.80. The first-order valence-electron chi connectivity index (χ1n) is 12.4. The summed E-state index contributed by atoms with van der Waals surface area (Å²) in [6.07, 6.45) is 0.363. The number of halogens is 1. The van der Waals surface area contributed by atoms with Gasteiger partial charge in [0.25, 0.3) is 0 Å². The molecular formula is C28H37FN2O4S. The maximum absolute atomic E-state index is 14.2. The Balaban J connectivity index is 1.97. The zero-order valence-corrected chi connectivity index (χ0v) is 22.6. The standard InChI is InChI=1S/C28H37FN2O4S/c1-20(2)9-8-10-23-13-14-28-26(15-23)35-27(18-30(5)17-24-11-6-7-12-25(24)29)21(3)16-31(22(4)19-32)36(28,33)34/h6-7,11-15,20-22,27,32H,9,16-19H2,1-5H3/t21-,22-,27-/m0/s1. The van der Waals surface area contributed by atoms with Crippen LogP contribution < -0.4 is 4.74 Å². The van der Waals surface area contributed by atoms with E-state index in [1.807, 2.05) is 18.9 Å². The maximum Gasteiger partial charge on any atom is 0.247 e. The van der Waals surface area contributed by atoms with Gasteiger partial charge in [-0.15, -0.1) is 0 Å². The fraction of sp³-hybridized carbons (Fsp3) is 0.500. The highest BCUT2D eigenvalue weighted by Crippen LogP contribution is 2.34. The van der Waals surface area contributed by atoms with Gasteiger partial charge in [0.2, 0.25) is 10.0 Å². The molecule has 0 fully saturated rings. The number of hydrogen-bond donors (Lipinski definition) is 1. The largest absolute Gasteiger partial charge is 0.487 e. The second kappa shape index (κ2) is 12.2. The number of ether oxygens (including phenoxy) is 1. The summed E-state index contributed by atoms with van der Waals surface area (Å²) in [5.41, 5.74) is 1.26. The van der Waals surface area contributed by atoms with Crippen LogP contribution in [0.1, 0.15) is 45.2 Å². The molecule has 0 aromatic heterocycles. The minimum Gasteiger partial charge on any atom is -0.487 e. The molecule has 0 aliphatic carbocycles. The second-order valence-electron chi connectivity index (χ2n) is 10.1. The third-order valence-corrected chi connectivity index (χ3v) is 8.32. The number of hydrogen-bond acceptors (Lipinski definition) is 5. The molecule has 0 radical (unpaired) electrons. The van der Waals surface area contributed by atoms with E-state index >= 15 is 0 Å². The van der Waals surface area contributed by atoms with Gasteiger partial charge in [-0.2, -0.15) is 4.31 Å². The Morgan fingerprint density at radius 2 is 1.94 bits per heavy atom. The average Bonchev–Trinajstić information content (AvgIpc) is 2.82. The molecule has 0 spiro atoms. The van der Waals surface area contributed by atoms with Gasteiger partial charge in [0.05, 0.1) is 6.61 Å². The molecule has 0 bridgehead atoms. The number of rotatable bonds is 7. The summed E-state index contributed by atoms with van der Waals surface area (Å²) in [7, 11) is -2.02. The average molecular weight is 517 g/mol. The fourth-order valence-corrected chi connectivity index (χ4v) is 5.99. The van der Waals surface area contributed by atoms with Crippen LogP contribution in [0.15, 0.2) is 47.4 Å². The van der Waals surface area contributed by atoms with Gasteiger partial charge in [-0.1, -0.05) is 50.8 Å². The molecule has 36 heavy (non-hydrogen) atoms. The van der Waals surface area contributed by atoms with Gasteiger partial charge in [0.15, 0.2) is 0 Å². The van der Waals surface area contributed by atoms with Crippen LogP contribution in [-0.4, -0.2) is 61.6 Å². The summed E-state index contributed by atoms with van der Waals surface area (Å²) >= 11 is 0. The number of aliphatic hydroxyl groups is 1. The molecule has 2 aromatic rings. The van der Waals surface area contributed by atoms with Crippen molar-refractivity contribution in [1.29, 1.82) is 0 Å². The lowest BCUT2D eigenvalue weighted by molar-refractivity contribution is 0.0731. The van der Waals surface area contributed by atoms with Gasteiger partial charge in [-0.05, 0) is 44.2 Å². The molecule has 1 N–H and O–H groups in total. The molecule has 2 aromatic carbocycles. The minimum atomic E-state index is -3.91. The summed E-state index contributed by atoms with van der Waals surface area (Å²) in [6.45, 7) is 8.55. The molecule has 1 aliphatic rings. The Labute approximate surface area is 215 Å². The monoisotopic (exact) mass is 516 g/mol. The van der Waals surface area contributed by atoms with Crippen LogP contribution in [0.2, 0.25) is 0 Å². The zero-order valence-electron chi connectivity index (χ0n) is 21.7. The lowest BCUT2D eigenvalue weighted by Crippen LogP contribution is -2.49. The molecule has 3 rings (SSSR count). The van der Waals surface area contributed by atoms with Crippen molar-refractivity contribution >= 4 is 10.0 Å². The number of fused-ring (bicyclic) bond motifs is 1. The van der Waals surface area contributed by atoms with Crippen LogP contribution in [0.25, 0.3) is 0 Å². The van der Waals surface area contributed by atoms with E-state index in [9.17, 15) is 17.9 Å². The Bertz CT molecular complexity index is 1210. The number of benzene rings is 2. The first-order chi connectivity index (χ1) is 17.0. The van der Waals surface area contributed by atoms with Crippen LogP contribution in [0, 0.1) is 29.5 Å². The third kappa shape index (κ3) is 6.86. The molecule has 0 saturated carbocycles. The van der Waals surface area contributed by atoms with Crippen LogP contribution in [-0.2, 0) is 16.6 Å². The quantitative estimate of drug-likeness (QED) is 0.561. The summed E-state index contributed by atoms with van der Waals surface area (Å²) in [6, 6.07) is 11.0. The molecular weight excluding hydrogens is 479 g/mol. The van der Waals surface area contributed by atoms with Crippen molar-refractivity contribution in [2.24, 2.45) is 11.8 Å². The molecule has 196 valence electrons. The number of aliphatic hydroxyl groups excluding tert-OH is 1. The Morgan fingerprint density at radius 1 is 1.22 bits per heavy atom. The second-order valence-corrected chi connectivity index (χ2v) is 11.9. The van der Waals surface area contributed by atoms with Gasteiger partial charge in [-0.25, -0.2) is 12.8 Å². The maximum atomic E-state index is 14.2. The van der Waals surface area contributed by atoms with Gasteiger partial charge in [0.1, 0.15) is 22.6 Å². The first-order valence-corrected chi connectivity index (χ1v) is 13.8. The minimum absolute atomic E-state index is 0.0610. The summed E-state index contributed by atoms with van der Waals surface area (Å²) < 4.78 is 49.1. The molecule has 0 saturated heterocycles. The lowest BCUT2D eigenvalue weighted by Gasteiger charge is -2.37. The van der Waals surface area contributed by atoms with Gasteiger partial charge < -0.3 is 9.84 Å². The molecule has 3 atom stereocenters. The van der Waals surface area contributed by atoms with E-state index in [-0.39, 0.29) is 41.6 Å². The predicted molar refractivity (Wildman–Crippen MR) is 140 cm³/mol. The van der Waals surface area contributed by atoms with Crippen LogP contribution >= 0.6 is 0 Å². The van der Waals surface area contributed by atoms with E-state index in [1.54, 1.807) is 37.3 Å². The zero-order chi connectivity index (χ0) is 26.5. The smallest absolute Gasteiger partial charge is 0.247 e. The van der Waals surface area contributed by atoms with E-state index in [1.165, 1.54) is 16.4 Å². The van der Waals surface area contributed by atoms with Gasteiger partial charge >= 0.3 is 0 Å². The molecule has 0 amide bonds. The van der Waals surface area contributed by atoms with E-state index in [4.69, 9.17) is 4.74 Å². The number of likely N-dealkylation sites (N-methyl/N-ethyl adjacent to an activating group) is 1. The van der Waals surface area contributed by atoms with E-state index in [0.717, 1.165) is 6.42 Å². The van der Waals surface area contributed by atoms with Crippen LogP contribution in [0.4, 0.5) is 4.39 Å². The fourth-order valence-electron chi connectivity index (χ4n) is 4.17. The van der Waals surface area contributed by atoms with Crippen molar-refractivity contribution < 1.29 is 22.7 Å². The molecule has 0 unspecified atom stereocenters. The molecule has 8 heteroatoms. The Morgan fingerprint density at radius 3 is 2.61 bits per heavy atom. The highest BCUT2D eigenvalue weighted by atomic mass is 32.2. The third-order valence-electron chi connectivity index (χ3n) is 6.30. The number of sulfonamides is 1. The van der Waals surface area contributed by atoms with Crippen LogP contribution in [0.3, 0.4) is 0 Å². The van der Waals surface area contributed by atoms with Crippen molar-refractivity contribution in [2.75, 3.05) is 26.7 Å². The summed E-state index contributed by atoms with van der Waals surface area (Å²) in [5.74, 6) is 6.47. The van der Waals surface area contributed by atoms with E-state index in [2.05, 4.69) is 25.7 Å². The summed E-state index contributed by atoms with van der Waals surface area (Å²) in [4.78, 5) is 2.03. The topological polar surface area (TPSA) is 70.1 Å². The Kier molecular flexibility index (Phi) is 9.53. The highest BCUT2D eigenvalue weighted by Gasteiger charge is 2.38. The molecule has 1 heterocycles. The first kappa shape index (κ1) is 28.1.